The number of nitro benzene ring substituents is 1. The molecule has 0 aliphatic carbocycles. The molecular formula is C12H9BrCl2N2O2S. The highest BCUT2D eigenvalue weighted by Gasteiger charge is 2.16. The molecule has 106 valence electrons. The topological polar surface area (TPSA) is 55.2 Å². The molecule has 0 atom stereocenters. The van der Waals surface area contributed by atoms with Gasteiger partial charge in [-0.05, 0) is 40.5 Å². The van der Waals surface area contributed by atoms with E-state index in [1.165, 1.54) is 17.0 Å². The van der Waals surface area contributed by atoms with Gasteiger partial charge in [-0.1, -0.05) is 23.2 Å². The summed E-state index contributed by atoms with van der Waals surface area (Å²) in [6.07, 6.45) is 0.771. The first kappa shape index (κ1) is 15.6. The normalized spacial score (nSPS) is 10.6. The summed E-state index contributed by atoms with van der Waals surface area (Å²) in [7, 11) is 0. The van der Waals surface area contributed by atoms with Crippen LogP contribution in [0.3, 0.4) is 0 Å². The fourth-order valence-corrected chi connectivity index (χ4v) is 3.44. The summed E-state index contributed by atoms with van der Waals surface area (Å²) in [6, 6.07) is 6.72. The molecule has 0 saturated heterocycles. The molecule has 0 bridgehead atoms. The van der Waals surface area contributed by atoms with Crippen LogP contribution in [-0.4, -0.2) is 11.5 Å². The highest BCUT2D eigenvalue weighted by Crippen LogP contribution is 2.34. The van der Waals surface area contributed by atoms with Gasteiger partial charge in [-0.25, -0.2) is 0 Å². The highest BCUT2D eigenvalue weighted by atomic mass is 79.9. The number of hydrogen-bond donors (Lipinski definition) is 1. The molecule has 1 aromatic carbocycles. The molecule has 2 aromatic rings. The van der Waals surface area contributed by atoms with E-state index in [0.29, 0.717) is 17.3 Å². The van der Waals surface area contributed by atoms with Crippen LogP contribution in [0.4, 0.5) is 11.4 Å². The van der Waals surface area contributed by atoms with Crippen LogP contribution in [0.15, 0.2) is 28.1 Å². The fraction of sp³-hybridized carbons (Fsp3) is 0.167. The van der Waals surface area contributed by atoms with Crippen molar-refractivity contribution in [2.24, 2.45) is 0 Å². The van der Waals surface area contributed by atoms with Crippen molar-refractivity contribution in [2.75, 3.05) is 11.9 Å². The molecule has 1 heterocycles. The van der Waals surface area contributed by atoms with Gasteiger partial charge in [0.1, 0.15) is 5.69 Å². The monoisotopic (exact) mass is 394 g/mol. The number of halogens is 3. The van der Waals surface area contributed by atoms with Gasteiger partial charge >= 0.3 is 0 Å². The van der Waals surface area contributed by atoms with E-state index in [1.54, 1.807) is 11.3 Å². The molecule has 20 heavy (non-hydrogen) atoms. The second-order valence-corrected chi connectivity index (χ2v) is 7.29. The molecule has 0 aliphatic rings. The number of anilines is 1. The predicted molar refractivity (Wildman–Crippen MR) is 87.3 cm³/mol. The van der Waals surface area contributed by atoms with Gasteiger partial charge in [0.15, 0.2) is 0 Å². The zero-order chi connectivity index (χ0) is 14.7. The van der Waals surface area contributed by atoms with Gasteiger partial charge in [-0.2, -0.15) is 0 Å². The smallest absolute Gasteiger partial charge is 0.293 e. The van der Waals surface area contributed by atoms with E-state index in [1.807, 2.05) is 12.1 Å². The fourth-order valence-electron chi connectivity index (χ4n) is 1.64. The first-order valence-corrected chi connectivity index (χ1v) is 7.95. The average molecular weight is 396 g/mol. The van der Waals surface area contributed by atoms with Gasteiger partial charge < -0.3 is 5.32 Å². The Kier molecular flexibility index (Phi) is 5.26. The van der Waals surface area contributed by atoms with Crippen LogP contribution in [0, 0.1) is 10.1 Å². The van der Waals surface area contributed by atoms with Crippen molar-refractivity contribution in [3.63, 3.8) is 0 Å². The van der Waals surface area contributed by atoms with Crippen molar-refractivity contribution in [2.45, 2.75) is 6.42 Å². The minimum absolute atomic E-state index is 0.0771. The maximum absolute atomic E-state index is 11.0. The summed E-state index contributed by atoms with van der Waals surface area (Å²) < 4.78 is 1.06. The van der Waals surface area contributed by atoms with E-state index in [0.717, 1.165) is 10.2 Å². The summed E-state index contributed by atoms with van der Waals surface area (Å²) in [4.78, 5) is 11.7. The van der Waals surface area contributed by atoms with Gasteiger partial charge in [0.25, 0.3) is 5.69 Å². The van der Waals surface area contributed by atoms with Gasteiger partial charge in [-0.15, -0.1) is 11.3 Å². The Morgan fingerprint density at radius 2 is 2.00 bits per heavy atom. The molecule has 0 spiro atoms. The highest BCUT2D eigenvalue weighted by molar-refractivity contribution is 9.11. The summed E-state index contributed by atoms with van der Waals surface area (Å²) in [5, 5.41) is 14.5. The minimum atomic E-state index is -0.480. The van der Waals surface area contributed by atoms with Crippen LogP contribution < -0.4 is 5.32 Å². The van der Waals surface area contributed by atoms with E-state index < -0.39 is 4.92 Å². The maximum atomic E-state index is 11.0. The molecule has 4 nitrogen and oxygen atoms in total. The standard InChI is InChI=1S/C12H9BrCl2N2O2S/c13-12-2-1-7(20-12)3-4-16-10-5-8(14)9(15)6-11(10)17(18)19/h1-2,5-6,16H,3-4H2. The second-order valence-electron chi connectivity index (χ2n) is 3.92. The van der Waals surface area contributed by atoms with E-state index in [-0.39, 0.29) is 10.7 Å². The van der Waals surface area contributed by atoms with Gasteiger partial charge in [-0.3, -0.25) is 10.1 Å². The lowest BCUT2D eigenvalue weighted by atomic mass is 10.2. The van der Waals surface area contributed by atoms with Crippen molar-refractivity contribution < 1.29 is 4.92 Å². The van der Waals surface area contributed by atoms with Gasteiger partial charge in [0.2, 0.25) is 0 Å². The molecule has 0 saturated carbocycles. The van der Waals surface area contributed by atoms with Crippen molar-refractivity contribution in [3.05, 3.63) is 53.1 Å². The Labute approximate surface area is 138 Å². The Morgan fingerprint density at radius 3 is 2.60 bits per heavy atom. The lowest BCUT2D eigenvalue weighted by Gasteiger charge is -2.07. The zero-order valence-corrected chi connectivity index (χ0v) is 13.9. The van der Waals surface area contributed by atoms with E-state index in [9.17, 15) is 10.1 Å². The SMILES string of the molecule is O=[N+]([O-])c1cc(Cl)c(Cl)cc1NCCc1ccc(Br)s1. The summed E-state index contributed by atoms with van der Waals surface area (Å²) in [5.41, 5.74) is 0.298. The third-order valence-electron chi connectivity index (χ3n) is 2.55. The molecule has 8 heteroatoms. The Hall–Kier alpha value is -0.820. The van der Waals surface area contributed by atoms with Crippen molar-refractivity contribution in [1.82, 2.24) is 0 Å². The molecule has 0 fully saturated rings. The molecule has 0 aliphatic heterocycles. The lowest BCUT2D eigenvalue weighted by molar-refractivity contribution is -0.383. The molecular weight excluding hydrogens is 387 g/mol. The third-order valence-corrected chi connectivity index (χ3v) is 4.96. The summed E-state index contributed by atoms with van der Waals surface area (Å²) >= 11 is 16.7. The number of hydrogen-bond acceptors (Lipinski definition) is 4. The molecule has 0 unspecified atom stereocenters. The van der Waals surface area contributed by atoms with Crippen molar-refractivity contribution in [1.29, 1.82) is 0 Å². The molecule has 0 radical (unpaired) electrons. The van der Waals surface area contributed by atoms with E-state index in [2.05, 4.69) is 21.2 Å². The van der Waals surface area contributed by atoms with Crippen LogP contribution >= 0.6 is 50.5 Å². The van der Waals surface area contributed by atoms with Crippen LogP contribution in [0.1, 0.15) is 4.88 Å². The summed E-state index contributed by atoms with van der Waals surface area (Å²) in [5.74, 6) is 0. The number of nitro groups is 1. The van der Waals surface area contributed by atoms with Gasteiger partial charge in [0.05, 0.1) is 18.8 Å². The quantitative estimate of drug-likeness (QED) is 0.546. The van der Waals surface area contributed by atoms with Crippen LogP contribution in [-0.2, 0) is 6.42 Å². The third kappa shape index (κ3) is 3.85. The summed E-state index contributed by atoms with van der Waals surface area (Å²) in [6.45, 7) is 0.575. The minimum Gasteiger partial charge on any atom is -0.379 e. The van der Waals surface area contributed by atoms with Gasteiger partial charge in [0, 0.05) is 17.5 Å². The first-order valence-electron chi connectivity index (χ1n) is 5.59. The van der Waals surface area contributed by atoms with Crippen molar-refractivity contribution >= 4 is 61.8 Å². The Morgan fingerprint density at radius 1 is 1.30 bits per heavy atom. The molecule has 1 aromatic heterocycles. The van der Waals surface area contributed by atoms with E-state index in [4.69, 9.17) is 23.2 Å². The van der Waals surface area contributed by atoms with Crippen LogP contribution in [0.2, 0.25) is 10.0 Å². The average Bonchev–Trinajstić information content (AvgIpc) is 2.79. The Balaban J connectivity index is 2.08. The largest absolute Gasteiger partial charge is 0.379 e. The number of thiophene rings is 1. The van der Waals surface area contributed by atoms with Crippen LogP contribution in [0.5, 0.6) is 0 Å². The number of nitrogens with one attached hydrogen (secondary N) is 1. The zero-order valence-electron chi connectivity index (χ0n) is 10.0. The molecule has 1 N–H and O–H groups in total. The van der Waals surface area contributed by atoms with Crippen molar-refractivity contribution in [3.8, 4) is 0 Å². The van der Waals surface area contributed by atoms with Crippen LogP contribution in [0.25, 0.3) is 0 Å². The predicted octanol–water partition coefficient (Wildman–Crippen LogP) is 5.38. The molecule has 0 amide bonds. The maximum Gasteiger partial charge on any atom is 0.293 e. The number of rotatable bonds is 5. The van der Waals surface area contributed by atoms with E-state index >= 15 is 0 Å². The molecule has 2 rings (SSSR count). The lowest BCUT2D eigenvalue weighted by Crippen LogP contribution is -2.06. The number of nitrogens with zero attached hydrogens (tertiary/aromatic N) is 1. The Bertz CT molecular complexity index is 648. The number of benzene rings is 1. The second kappa shape index (κ2) is 6.76. The first-order chi connectivity index (χ1) is 9.47.